The minimum atomic E-state index is -2.79. The molecule has 1 heterocycles. The van der Waals surface area contributed by atoms with Gasteiger partial charge < -0.3 is 11.1 Å². The number of nitrogens with zero attached hydrogens (tertiary/aromatic N) is 2. The highest BCUT2D eigenvalue weighted by molar-refractivity contribution is 7.91. The molecular weight excluding hydrogens is 252 g/mol. The van der Waals surface area contributed by atoms with Gasteiger partial charge in [0, 0.05) is 32.7 Å². The van der Waals surface area contributed by atoms with Crippen molar-refractivity contribution in [2.24, 2.45) is 16.6 Å². The molecule has 0 amide bonds. The predicted molar refractivity (Wildman–Crippen MR) is 74.4 cm³/mol. The Kier molecular flexibility index (Phi) is 5.87. The summed E-state index contributed by atoms with van der Waals surface area (Å²) in [7, 11) is -2.79. The van der Waals surface area contributed by atoms with Crippen LogP contribution in [0.4, 0.5) is 0 Å². The number of sulfone groups is 1. The predicted octanol–water partition coefficient (Wildman–Crippen LogP) is -0.723. The second-order valence-electron chi connectivity index (χ2n) is 5.04. The van der Waals surface area contributed by atoms with Gasteiger partial charge in [-0.1, -0.05) is 13.8 Å². The largest absolute Gasteiger partial charge is 0.370 e. The maximum Gasteiger partial charge on any atom is 0.188 e. The van der Waals surface area contributed by atoms with E-state index in [9.17, 15) is 8.42 Å². The van der Waals surface area contributed by atoms with Gasteiger partial charge in [0.15, 0.2) is 15.8 Å². The van der Waals surface area contributed by atoms with Crippen LogP contribution < -0.4 is 11.1 Å². The van der Waals surface area contributed by atoms with E-state index in [1.807, 2.05) is 0 Å². The molecule has 0 radical (unpaired) electrons. The monoisotopic (exact) mass is 276 g/mol. The summed E-state index contributed by atoms with van der Waals surface area (Å²) in [5, 5.41) is 3.04. The molecule has 0 bridgehead atoms. The molecule has 1 rings (SSSR count). The van der Waals surface area contributed by atoms with Crippen molar-refractivity contribution in [3.63, 3.8) is 0 Å². The Hall–Kier alpha value is -0.820. The Morgan fingerprint density at radius 3 is 2.56 bits per heavy atom. The third kappa shape index (κ3) is 6.20. The van der Waals surface area contributed by atoms with E-state index in [-0.39, 0.29) is 11.5 Å². The summed E-state index contributed by atoms with van der Waals surface area (Å²) in [4.78, 5) is 6.33. The van der Waals surface area contributed by atoms with Gasteiger partial charge in [0.2, 0.25) is 0 Å². The molecule has 7 heteroatoms. The van der Waals surface area contributed by atoms with Crippen LogP contribution in [0.15, 0.2) is 4.99 Å². The second kappa shape index (κ2) is 6.94. The molecule has 0 aliphatic carbocycles. The van der Waals surface area contributed by atoms with Gasteiger partial charge in [-0.15, -0.1) is 0 Å². The summed E-state index contributed by atoms with van der Waals surface area (Å²) in [6, 6.07) is 0. The molecule has 106 valence electrons. The van der Waals surface area contributed by atoms with Gasteiger partial charge in [0.25, 0.3) is 0 Å². The van der Waals surface area contributed by atoms with Crippen LogP contribution in [0.1, 0.15) is 13.8 Å². The standard InChI is InChI=1S/C11H24N4O2S/c1-10(2)9-14-11(12)13-3-4-15-5-7-18(16,17)8-6-15/h10H,3-9H2,1-2H3,(H3,12,13,14). The zero-order valence-corrected chi connectivity index (χ0v) is 12.0. The fraction of sp³-hybridized carbons (Fsp3) is 0.909. The molecule has 0 unspecified atom stereocenters. The van der Waals surface area contributed by atoms with Crippen molar-refractivity contribution < 1.29 is 8.42 Å². The molecule has 3 N–H and O–H groups in total. The molecule has 1 fully saturated rings. The normalized spacial score (nSPS) is 21.2. The lowest BCUT2D eigenvalue weighted by Crippen LogP contribution is -2.45. The maximum atomic E-state index is 11.2. The molecule has 0 aromatic carbocycles. The molecule has 0 saturated carbocycles. The van der Waals surface area contributed by atoms with Crippen LogP contribution in [0.3, 0.4) is 0 Å². The van der Waals surface area contributed by atoms with Gasteiger partial charge in [-0.2, -0.15) is 0 Å². The number of hydrogen-bond acceptors (Lipinski definition) is 4. The zero-order valence-electron chi connectivity index (χ0n) is 11.2. The van der Waals surface area contributed by atoms with E-state index < -0.39 is 9.84 Å². The topological polar surface area (TPSA) is 87.8 Å². The highest BCUT2D eigenvalue weighted by Gasteiger charge is 2.20. The van der Waals surface area contributed by atoms with E-state index in [0.29, 0.717) is 31.5 Å². The maximum absolute atomic E-state index is 11.2. The Labute approximate surface area is 110 Å². The van der Waals surface area contributed by atoms with E-state index in [1.54, 1.807) is 0 Å². The number of guanidine groups is 1. The summed E-state index contributed by atoms with van der Waals surface area (Å²) < 4.78 is 22.5. The first kappa shape index (κ1) is 15.2. The van der Waals surface area contributed by atoms with Crippen molar-refractivity contribution in [1.29, 1.82) is 0 Å². The molecule has 0 aromatic rings. The van der Waals surface area contributed by atoms with Crippen LogP contribution in [-0.4, -0.2) is 63.5 Å². The molecule has 0 atom stereocenters. The fourth-order valence-corrected chi connectivity index (χ4v) is 2.93. The first-order valence-electron chi connectivity index (χ1n) is 6.35. The van der Waals surface area contributed by atoms with Crippen LogP contribution in [0.2, 0.25) is 0 Å². The van der Waals surface area contributed by atoms with Crippen molar-refractivity contribution in [1.82, 2.24) is 10.2 Å². The highest BCUT2D eigenvalue weighted by Crippen LogP contribution is 2.02. The van der Waals surface area contributed by atoms with Crippen LogP contribution in [0.25, 0.3) is 0 Å². The SMILES string of the molecule is CC(C)CN=C(N)NCCN1CCS(=O)(=O)CC1. The van der Waals surface area contributed by atoms with Gasteiger partial charge >= 0.3 is 0 Å². The molecule has 1 aliphatic heterocycles. The van der Waals surface area contributed by atoms with Crippen molar-refractivity contribution in [2.75, 3.05) is 44.2 Å². The number of nitrogens with two attached hydrogens (primary N) is 1. The van der Waals surface area contributed by atoms with E-state index in [0.717, 1.165) is 13.1 Å². The Bertz CT molecular complexity index is 365. The number of hydrogen-bond donors (Lipinski definition) is 2. The molecule has 0 aromatic heterocycles. The summed E-state index contributed by atoms with van der Waals surface area (Å²) in [6.07, 6.45) is 0. The van der Waals surface area contributed by atoms with Crippen LogP contribution in [0.5, 0.6) is 0 Å². The number of nitrogens with one attached hydrogen (secondary N) is 1. The Morgan fingerprint density at radius 2 is 2.00 bits per heavy atom. The lowest BCUT2D eigenvalue weighted by molar-refractivity contribution is 0.300. The first-order valence-corrected chi connectivity index (χ1v) is 8.18. The zero-order chi connectivity index (χ0) is 13.6. The summed E-state index contributed by atoms with van der Waals surface area (Å²) in [6.45, 7) is 7.64. The van der Waals surface area contributed by atoms with Crippen molar-refractivity contribution >= 4 is 15.8 Å². The lowest BCUT2D eigenvalue weighted by atomic mass is 10.2. The van der Waals surface area contributed by atoms with E-state index >= 15 is 0 Å². The molecule has 1 saturated heterocycles. The molecule has 1 aliphatic rings. The molecule has 0 spiro atoms. The van der Waals surface area contributed by atoms with E-state index in [4.69, 9.17) is 5.73 Å². The van der Waals surface area contributed by atoms with Gasteiger partial charge in [0.05, 0.1) is 11.5 Å². The number of aliphatic imine (C=N–C) groups is 1. The van der Waals surface area contributed by atoms with Crippen molar-refractivity contribution in [3.05, 3.63) is 0 Å². The van der Waals surface area contributed by atoms with E-state index in [2.05, 4.69) is 29.1 Å². The van der Waals surface area contributed by atoms with Gasteiger partial charge in [-0.25, -0.2) is 8.42 Å². The van der Waals surface area contributed by atoms with Crippen LogP contribution in [0, 0.1) is 5.92 Å². The highest BCUT2D eigenvalue weighted by atomic mass is 32.2. The second-order valence-corrected chi connectivity index (χ2v) is 7.34. The molecule has 6 nitrogen and oxygen atoms in total. The Balaban J connectivity index is 2.17. The van der Waals surface area contributed by atoms with Crippen molar-refractivity contribution in [3.8, 4) is 0 Å². The summed E-state index contributed by atoms with van der Waals surface area (Å²) in [5.41, 5.74) is 5.71. The van der Waals surface area contributed by atoms with Gasteiger partial charge in [-0.05, 0) is 5.92 Å². The summed E-state index contributed by atoms with van der Waals surface area (Å²) >= 11 is 0. The minimum Gasteiger partial charge on any atom is -0.370 e. The summed E-state index contributed by atoms with van der Waals surface area (Å²) in [5.74, 6) is 1.50. The van der Waals surface area contributed by atoms with Crippen LogP contribution in [-0.2, 0) is 9.84 Å². The average Bonchev–Trinajstić information content (AvgIpc) is 2.29. The van der Waals surface area contributed by atoms with Crippen molar-refractivity contribution in [2.45, 2.75) is 13.8 Å². The third-order valence-corrected chi connectivity index (χ3v) is 4.41. The minimum absolute atomic E-state index is 0.268. The molecule has 18 heavy (non-hydrogen) atoms. The van der Waals surface area contributed by atoms with Gasteiger partial charge in [-0.3, -0.25) is 9.89 Å². The average molecular weight is 276 g/mol. The fourth-order valence-electron chi connectivity index (χ4n) is 1.65. The quantitative estimate of drug-likeness (QED) is 0.511. The van der Waals surface area contributed by atoms with Gasteiger partial charge in [0.1, 0.15) is 0 Å². The first-order chi connectivity index (χ1) is 8.39. The van der Waals surface area contributed by atoms with Crippen LogP contribution >= 0.6 is 0 Å². The molecular formula is C11H24N4O2S. The van der Waals surface area contributed by atoms with E-state index in [1.165, 1.54) is 0 Å². The smallest absolute Gasteiger partial charge is 0.188 e. The lowest BCUT2D eigenvalue weighted by Gasteiger charge is -2.26. The third-order valence-electron chi connectivity index (χ3n) is 2.80. The Morgan fingerprint density at radius 1 is 1.39 bits per heavy atom. The number of rotatable bonds is 5.